The average Bonchev–Trinajstić information content (AvgIpc) is 2.33. The van der Waals surface area contributed by atoms with E-state index in [9.17, 15) is 5.11 Å². The van der Waals surface area contributed by atoms with E-state index in [0.717, 1.165) is 24.8 Å². The van der Waals surface area contributed by atoms with Crippen LogP contribution in [0.3, 0.4) is 0 Å². The molecule has 0 aromatic carbocycles. The van der Waals surface area contributed by atoms with Gasteiger partial charge in [0.2, 0.25) is 0 Å². The summed E-state index contributed by atoms with van der Waals surface area (Å²) in [5.41, 5.74) is 2.48. The third-order valence-corrected chi connectivity index (χ3v) is 2.61. The van der Waals surface area contributed by atoms with E-state index in [-0.39, 0.29) is 6.10 Å². The molecule has 0 radical (unpaired) electrons. The summed E-state index contributed by atoms with van der Waals surface area (Å²) >= 11 is 0. The third-order valence-electron chi connectivity index (χ3n) is 2.61. The molecule has 0 spiro atoms. The van der Waals surface area contributed by atoms with Crippen LogP contribution < -0.4 is 0 Å². The first kappa shape index (κ1) is 7.87. The van der Waals surface area contributed by atoms with Crippen molar-refractivity contribution in [3.63, 3.8) is 0 Å². The molecule has 66 valence electrons. The summed E-state index contributed by atoms with van der Waals surface area (Å²) < 4.78 is 2.04. The van der Waals surface area contributed by atoms with Crippen molar-refractivity contribution in [1.29, 1.82) is 0 Å². The highest BCUT2D eigenvalue weighted by molar-refractivity contribution is 5.27. The topological polar surface area (TPSA) is 25.2 Å². The van der Waals surface area contributed by atoms with Gasteiger partial charge in [0, 0.05) is 25.0 Å². The van der Waals surface area contributed by atoms with Gasteiger partial charge in [0.05, 0.1) is 6.10 Å². The van der Waals surface area contributed by atoms with E-state index >= 15 is 0 Å². The monoisotopic (exact) mass is 165 g/mol. The van der Waals surface area contributed by atoms with Crippen molar-refractivity contribution in [2.75, 3.05) is 0 Å². The molecule has 0 saturated heterocycles. The molecule has 1 atom stereocenters. The number of aliphatic hydroxyl groups is 1. The number of aryl methyl sites for hydroxylation is 2. The maximum Gasteiger partial charge on any atom is 0.0807 e. The number of aliphatic hydroxyl groups excluding tert-OH is 1. The Morgan fingerprint density at radius 3 is 3.08 bits per heavy atom. The molecule has 1 aromatic heterocycles. The van der Waals surface area contributed by atoms with Crippen LogP contribution in [0.25, 0.3) is 0 Å². The fraction of sp³-hybridized carbons (Fsp3) is 0.600. The number of fused-ring (bicyclic) bond motifs is 1. The standard InChI is InChI=1S/C10H15NO/c1-11-6-8-4-2-3-5-10(12)9(8)7-11/h6-7,10,12H,2-5H2,1H3. The van der Waals surface area contributed by atoms with E-state index in [0.29, 0.717) is 0 Å². The van der Waals surface area contributed by atoms with Crippen molar-refractivity contribution in [2.24, 2.45) is 7.05 Å². The van der Waals surface area contributed by atoms with Crippen LogP contribution in [0.2, 0.25) is 0 Å². The zero-order valence-electron chi connectivity index (χ0n) is 7.45. The Labute approximate surface area is 72.8 Å². The lowest BCUT2D eigenvalue weighted by Gasteiger charge is -2.05. The first-order valence-electron chi connectivity index (χ1n) is 4.60. The quantitative estimate of drug-likeness (QED) is 0.582. The number of hydrogen-bond acceptors (Lipinski definition) is 1. The van der Waals surface area contributed by atoms with Gasteiger partial charge in [0.1, 0.15) is 0 Å². The molecule has 1 aliphatic rings. The van der Waals surface area contributed by atoms with E-state index in [1.165, 1.54) is 12.0 Å². The molecule has 2 nitrogen and oxygen atoms in total. The molecule has 0 saturated carbocycles. The van der Waals surface area contributed by atoms with Gasteiger partial charge in [0.25, 0.3) is 0 Å². The highest BCUT2D eigenvalue weighted by Crippen LogP contribution is 2.28. The molecule has 12 heavy (non-hydrogen) atoms. The van der Waals surface area contributed by atoms with E-state index in [4.69, 9.17) is 0 Å². The van der Waals surface area contributed by atoms with Crippen molar-refractivity contribution < 1.29 is 5.11 Å². The van der Waals surface area contributed by atoms with E-state index in [2.05, 4.69) is 6.20 Å². The zero-order valence-corrected chi connectivity index (χ0v) is 7.45. The molecule has 0 amide bonds. The molecule has 1 N–H and O–H groups in total. The van der Waals surface area contributed by atoms with Crippen LogP contribution in [0.5, 0.6) is 0 Å². The van der Waals surface area contributed by atoms with Gasteiger partial charge in [-0.1, -0.05) is 6.42 Å². The van der Waals surface area contributed by atoms with Gasteiger partial charge in [0.15, 0.2) is 0 Å². The summed E-state index contributed by atoms with van der Waals surface area (Å²) in [6.07, 6.45) is 8.39. The fourth-order valence-electron chi connectivity index (χ4n) is 1.98. The Hall–Kier alpha value is -0.760. The van der Waals surface area contributed by atoms with E-state index < -0.39 is 0 Å². The van der Waals surface area contributed by atoms with Crippen LogP contribution >= 0.6 is 0 Å². The summed E-state index contributed by atoms with van der Waals surface area (Å²) in [7, 11) is 2.02. The fourth-order valence-corrected chi connectivity index (χ4v) is 1.98. The number of nitrogens with zero attached hydrogens (tertiary/aromatic N) is 1. The smallest absolute Gasteiger partial charge is 0.0807 e. The van der Waals surface area contributed by atoms with Crippen LogP contribution in [0.15, 0.2) is 12.4 Å². The van der Waals surface area contributed by atoms with Crippen molar-refractivity contribution in [3.05, 3.63) is 23.5 Å². The Kier molecular flexibility index (Phi) is 1.93. The van der Waals surface area contributed by atoms with Gasteiger partial charge < -0.3 is 9.67 Å². The maximum atomic E-state index is 9.74. The molecule has 1 heterocycles. The zero-order chi connectivity index (χ0) is 8.55. The second-order valence-electron chi connectivity index (χ2n) is 3.67. The lowest BCUT2D eigenvalue weighted by atomic mass is 10.1. The third kappa shape index (κ3) is 1.27. The number of rotatable bonds is 0. The van der Waals surface area contributed by atoms with Crippen LogP contribution in [0.1, 0.15) is 36.5 Å². The normalized spacial score (nSPS) is 23.3. The molecule has 2 heteroatoms. The molecule has 1 aliphatic carbocycles. The first-order chi connectivity index (χ1) is 5.77. The van der Waals surface area contributed by atoms with Gasteiger partial charge in [-0.2, -0.15) is 0 Å². The predicted molar refractivity (Wildman–Crippen MR) is 47.9 cm³/mol. The second kappa shape index (κ2) is 2.94. The summed E-state index contributed by atoms with van der Waals surface area (Å²) in [6, 6.07) is 0. The lowest BCUT2D eigenvalue weighted by molar-refractivity contribution is 0.166. The first-order valence-corrected chi connectivity index (χ1v) is 4.60. The van der Waals surface area contributed by atoms with Crippen LogP contribution in [-0.2, 0) is 13.5 Å². The Morgan fingerprint density at radius 2 is 2.25 bits per heavy atom. The highest BCUT2D eigenvalue weighted by atomic mass is 16.3. The van der Waals surface area contributed by atoms with Crippen molar-refractivity contribution in [2.45, 2.75) is 31.8 Å². The SMILES string of the molecule is Cn1cc2c(c1)C(O)CCCC2. The summed E-state index contributed by atoms with van der Waals surface area (Å²) in [4.78, 5) is 0. The maximum absolute atomic E-state index is 9.74. The van der Waals surface area contributed by atoms with Gasteiger partial charge in [-0.15, -0.1) is 0 Å². The highest BCUT2D eigenvalue weighted by Gasteiger charge is 2.17. The molecule has 2 rings (SSSR count). The molecule has 0 aliphatic heterocycles. The predicted octanol–water partition coefficient (Wildman–Crippen LogP) is 1.78. The Bertz CT molecular complexity index is 277. The van der Waals surface area contributed by atoms with Crippen LogP contribution in [0.4, 0.5) is 0 Å². The van der Waals surface area contributed by atoms with Crippen LogP contribution in [-0.4, -0.2) is 9.67 Å². The largest absolute Gasteiger partial charge is 0.388 e. The lowest BCUT2D eigenvalue weighted by Crippen LogP contribution is -1.94. The summed E-state index contributed by atoms with van der Waals surface area (Å²) in [5, 5.41) is 9.74. The van der Waals surface area contributed by atoms with Gasteiger partial charge in [-0.05, 0) is 24.8 Å². The molecular weight excluding hydrogens is 150 g/mol. The van der Waals surface area contributed by atoms with Gasteiger partial charge in [-0.25, -0.2) is 0 Å². The minimum Gasteiger partial charge on any atom is -0.388 e. The molecular formula is C10H15NO. The molecule has 1 aromatic rings. The molecule has 1 unspecified atom stereocenters. The van der Waals surface area contributed by atoms with Gasteiger partial charge in [-0.3, -0.25) is 0 Å². The molecule has 0 bridgehead atoms. The average molecular weight is 165 g/mol. The molecule has 0 fully saturated rings. The van der Waals surface area contributed by atoms with E-state index in [1.807, 2.05) is 17.8 Å². The second-order valence-corrected chi connectivity index (χ2v) is 3.67. The summed E-state index contributed by atoms with van der Waals surface area (Å²) in [5.74, 6) is 0. The van der Waals surface area contributed by atoms with Crippen molar-refractivity contribution >= 4 is 0 Å². The Balaban J connectivity index is 2.38. The van der Waals surface area contributed by atoms with E-state index in [1.54, 1.807) is 0 Å². The summed E-state index contributed by atoms with van der Waals surface area (Å²) in [6.45, 7) is 0. The minimum atomic E-state index is -0.219. The van der Waals surface area contributed by atoms with Crippen LogP contribution in [0, 0.1) is 0 Å². The van der Waals surface area contributed by atoms with Gasteiger partial charge >= 0.3 is 0 Å². The Morgan fingerprint density at radius 1 is 1.42 bits per heavy atom. The minimum absolute atomic E-state index is 0.219. The number of hydrogen-bond donors (Lipinski definition) is 1. The van der Waals surface area contributed by atoms with Crippen molar-refractivity contribution in [1.82, 2.24) is 4.57 Å². The van der Waals surface area contributed by atoms with Crippen molar-refractivity contribution in [3.8, 4) is 0 Å². The number of aromatic nitrogens is 1.